The molecule has 1 aliphatic heterocycles. The summed E-state index contributed by atoms with van der Waals surface area (Å²) in [6, 6.07) is 11.7. The van der Waals surface area contributed by atoms with Crippen molar-refractivity contribution in [2.24, 2.45) is 11.8 Å². The molecule has 2 bridgehead atoms. The molecule has 3 N–H and O–H groups in total. The van der Waals surface area contributed by atoms with Gasteiger partial charge in [0, 0.05) is 37.0 Å². The number of nitrogens with one attached hydrogen (secondary N) is 2. The van der Waals surface area contributed by atoms with Gasteiger partial charge in [-0.25, -0.2) is 8.78 Å². The summed E-state index contributed by atoms with van der Waals surface area (Å²) in [5, 5.41) is 18.2. The van der Waals surface area contributed by atoms with Gasteiger partial charge in [0.2, 0.25) is 5.91 Å². The number of aliphatic hydroxyl groups excluding tert-OH is 1. The molecule has 0 spiro atoms. The number of aliphatic hydroxyl groups is 1. The van der Waals surface area contributed by atoms with E-state index in [1.165, 1.54) is 23.3 Å². The van der Waals surface area contributed by atoms with E-state index >= 15 is 0 Å². The van der Waals surface area contributed by atoms with Crippen LogP contribution in [0.3, 0.4) is 0 Å². The topological polar surface area (TPSA) is 61.4 Å². The molecule has 5 atom stereocenters. The van der Waals surface area contributed by atoms with E-state index in [-0.39, 0.29) is 30.2 Å². The van der Waals surface area contributed by atoms with Gasteiger partial charge in [-0.15, -0.1) is 0 Å². The Bertz CT molecular complexity index is 1080. The number of halogens is 2. The molecule has 1 amide bonds. The van der Waals surface area contributed by atoms with Crippen molar-refractivity contribution in [2.75, 3.05) is 6.54 Å². The fourth-order valence-corrected chi connectivity index (χ4v) is 6.13. The first-order valence-corrected chi connectivity index (χ1v) is 14.2. The molecule has 2 aliphatic rings. The van der Waals surface area contributed by atoms with Crippen molar-refractivity contribution in [1.29, 1.82) is 0 Å². The lowest BCUT2D eigenvalue weighted by atomic mass is 9.83. The van der Waals surface area contributed by atoms with Gasteiger partial charge in [-0.1, -0.05) is 50.3 Å². The number of carbonyl (C=O) groups is 1. The van der Waals surface area contributed by atoms with E-state index in [1.807, 2.05) is 13.8 Å². The SMILES string of the molecule is CC(C)[C@H](O)[C@@H]1CNC2C[C@@H](CCC=CCCCCC(=O)N[C@H]1Cc1cc(F)cc(F)c1)c1ccccc12. The lowest BCUT2D eigenvalue weighted by molar-refractivity contribution is -0.122. The Morgan fingerprint density at radius 3 is 2.45 bits per heavy atom. The van der Waals surface area contributed by atoms with Gasteiger partial charge in [-0.2, -0.15) is 0 Å². The number of rotatable bonds is 4. The average molecular weight is 525 g/mol. The number of fused-ring (bicyclic) bond motifs is 5. The molecular weight excluding hydrogens is 482 g/mol. The highest BCUT2D eigenvalue weighted by molar-refractivity contribution is 5.76. The molecule has 0 aromatic heterocycles. The molecule has 6 heteroatoms. The van der Waals surface area contributed by atoms with Crippen LogP contribution >= 0.6 is 0 Å². The Kier molecular flexibility index (Phi) is 10.1. The summed E-state index contributed by atoms with van der Waals surface area (Å²) in [5.41, 5.74) is 3.16. The smallest absolute Gasteiger partial charge is 0.220 e. The van der Waals surface area contributed by atoms with E-state index in [1.54, 1.807) is 0 Å². The molecule has 2 aromatic rings. The second-order valence-corrected chi connectivity index (χ2v) is 11.4. The second kappa shape index (κ2) is 13.5. The molecular formula is C32H42F2N2O2. The van der Waals surface area contributed by atoms with Crippen molar-refractivity contribution >= 4 is 5.91 Å². The van der Waals surface area contributed by atoms with E-state index in [0.29, 0.717) is 24.4 Å². The Balaban J connectivity index is 1.64. The fraction of sp³-hybridized carbons (Fsp3) is 0.531. The Morgan fingerprint density at radius 2 is 1.71 bits per heavy atom. The van der Waals surface area contributed by atoms with Gasteiger partial charge < -0.3 is 15.7 Å². The monoisotopic (exact) mass is 524 g/mol. The molecule has 2 aromatic carbocycles. The Morgan fingerprint density at radius 1 is 1.00 bits per heavy atom. The van der Waals surface area contributed by atoms with Crippen LogP contribution in [-0.4, -0.2) is 29.7 Å². The van der Waals surface area contributed by atoms with Gasteiger partial charge in [0.15, 0.2) is 0 Å². The van der Waals surface area contributed by atoms with Crippen molar-refractivity contribution in [3.05, 3.63) is 82.9 Å². The van der Waals surface area contributed by atoms with Gasteiger partial charge >= 0.3 is 0 Å². The third-order valence-corrected chi connectivity index (χ3v) is 8.17. The van der Waals surface area contributed by atoms with Crippen LogP contribution in [0, 0.1) is 23.5 Å². The van der Waals surface area contributed by atoms with Crippen LogP contribution in [0.1, 0.15) is 87.4 Å². The number of hydrogen-bond donors (Lipinski definition) is 3. The summed E-state index contributed by atoms with van der Waals surface area (Å²) in [5.74, 6) is -1.29. The fourth-order valence-electron chi connectivity index (χ4n) is 6.13. The van der Waals surface area contributed by atoms with Crippen molar-refractivity contribution < 1.29 is 18.7 Å². The molecule has 0 fully saturated rings. The summed E-state index contributed by atoms with van der Waals surface area (Å²) in [6.07, 6.45) is 10.2. The maximum absolute atomic E-state index is 14.0. The van der Waals surface area contributed by atoms with Gasteiger partial charge in [0.05, 0.1) is 6.10 Å². The number of allylic oxidation sites excluding steroid dienone is 2. The largest absolute Gasteiger partial charge is 0.392 e. The zero-order valence-electron chi connectivity index (χ0n) is 22.6. The molecule has 38 heavy (non-hydrogen) atoms. The van der Waals surface area contributed by atoms with E-state index in [0.717, 1.165) is 44.6 Å². The van der Waals surface area contributed by atoms with Gasteiger partial charge in [-0.05, 0) is 85.6 Å². The first-order chi connectivity index (χ1) is 18.3. The van der Waals surface area contributed by atoms with Crippen molar-refractivity contribution in [1.82, 2.24) is 10.6 Å². The third kappa shape index (κ3) is 7.51. The average Bonchev–Trinajstić information content (AvgIpc) is 3.22. The molecule has 1 heterocycles. The van der Waals surface area contributed by atoms with Gasteiger partial charge in [-0.3, -0.25) is 4.79 Å². The number of carbonyl (C=O) groups excluding carboxylic acids is 1. The molecule has 1 unspecified atom stereocenters. The maximum Gasteiger partial charge on any atom is 0.220 e. The first-order valence-electron chi connectivity index (χ1n) is 14.2. The lowest BCUT2D eigenvalue weighted by Gasteiger charge is -2.35. The minimum atomic E-state index is -0.704. The van der Waals surface area contributed by atoms with Crippen molar-refractivity contribution in [3.8, 4) is 0 Å². The minimum absolute atomic E-state index is 0.0470. The van der Waals surface area contributed by atoms with Crippen molar-refractivity contribution in [2.45, 2.75) is 89.3 Å². The highest BCUT2D eigenvalue weighted by Gasteiger charge is 2.35. The predicted octanol–water partition coefficient (Wildman–Crippen LogP) is 6.35. The third-order valence-electron chi connectivity index (χ3n) is 8.17. The standard InChI is InChI=1S/C32H42F2N2O2/c1-21(2)32(38)28-20-35-29-18-23(26-12-9-10-13-27(26)29)11-7-5-3-4-6-8-14-31(37)36-30(28)17-22-15-24(33)19-25(34)16-22/h3,5,9-10,12-13,15-16,19,21,23,28-30,32,35,38H,4,6-8,11,14,17-18,20H2,1-2H3,(H,36,37)/t23-,28-,29?,30+,32+/m1/s1. The highest BCUT2D eigenvalue weighted by atomic mass is 19.1. The molecule has 206 valence electrons. The normalized spacial score (nSPS) is 26.0. The molecule has 0 saturated carbocycles. The zero-order chi connectivity index (χ0) is 27.1. The number of amides is 1. The van der Waals surface area contributed by atoms with E-state index < -0.39 is 23.8 Å². The predicted molar refractivity (Wildman–Crippen MR) is 148 cm³/mol. The van der Waals surface area contributed by atoms with Gasteiger partial charge in [0.25, 0.3) is 0 Å². The first kappa shape index (κ1) is 28.4. The maximum atomic E-state index is 14.0. The summed E-state index contributed by atoms with van der Waals surface area (Å²) >= 11 is 0. The molecule has 4 rings (SSSR count). The van der Waals surface area contributed by atoms with Crippen LogP contribution in [0.2, 0.25) is 0 Å². The van der Waals surface area contributed by atoms with Crippen LogP contribution in [-0.2, 0) is 11.2 Å². The zero-order valence-corrected chi connectivity index (χ0v) is 22.6. The summed E-state index contributed by atoms with van der Waals surface area (Å²) < 4.78 is 28.1. The van der Waals surface area contributed by atoms with Crippen molar-refractivity contribution in [3.63, 3.8) is 0 Å². The lowest BCUT2D eigenvalue weighted by Crippen LogP contribution is -2.51. The molecule has 1 aliphatic carbocycles. The number of benzene rings is 2. The molecule has 0 radical (unpaired) electrons. The minimum Gasteiger partial charge on any atom is -0.392 e. The highest BCUT2D eigenvalue weighted by Crippen LogP contribution is 2.43. The van der Waals surface area contributed by atoms with Crippen LogP contribution in [0.25, 0.3) is 0 Å². The Labute approximate surface area is 225 Å². The van der Waals surface area contributed by atoms with E-state index in [2.05, 4.69) is 47.1 Å². The van der Waals surface area contributed by atoms with Crippen LogP contribution in [0.15, 0.2) is 54.6 Å². The van der Waals surface area contributed by atoms with Crippen LogP contribution in [0.4, 0.5) is 8.78 Å². The van der Waals surface area contributed by atoms with E-state index in [4.69, 9.17) is 0 Å². The van der Waals surface area contributed by atoms with Crippen LogP contribution < -0.4 is 10.6 Å². The Hall–Kier alpha value is -2.57. The summed E-state index contributed by atoms with van der Waals surface area (Å²) in [7, 11) is 0. The summed E-state index contributed by atoms with van der Waals surface area (Å²) in [6.45, 7) is 4.40. The molecule has 4 nitrogen and oxygen atoms in total. The quantitative estimate of drug-likeness (QED) is 0.408. The van der Waals surface area contributed by atoms with Crippen LogP contribution in [0.5, 0.6) is 0 Å². The second-order valence-electron chi connectivity index (χ2n) is 11.4. The summed E-state index contributed by atoms with van der Waals surface area (Å²) in [4.78, 5) is 13.0. The van der Waals surface area contributed by atoms with E-state index in [9.17, 15) is 18.7 Å². The molecule has 0 saturated heterocycles. The number of hydrogen-bond acceptors (Lipinski definition) is 3. The van der Waals surface area contributed by atoms with Gasteiger partial charge in [0.1, 0.15) is 11.6 Å².